The van der Waals surface area contributed by atoms with Crippen molar-refractivity contribution in [1.82, 2.24) is 9.78 Å². The summed E-state index contributed by atoms with van der Waals surface area (Å²) in [5.41, 5.74) is -0.723. The molecule has 0 aliphatic rings. The fourth-order valence-electron chi connectivity index (χ4n) is 1.55. The van der Waals surface area contributed by atoms with Crippen molar-refractivity contribution in [2.45, 2.75) is 6.18 Å². The van der Waals surface area contributed by atoms with Crippen molar-refractivity contribution < 1.29 is 27.4 Å². The first-order valence-corrected chi connectivity index (χ1v) is 5.84. The highest BCUT2D eigenvalue weighted by atomic mass is 19.4. The van der Waals surface area contributed by atoms with Crippen LogP contribution < -0.4 is 4.74 Å². The normalized spacial score (nSPS) is 11.2. The van der Waals surface area contributed by atoms with Crippen LogP contribution in [0.3, 0.4) is 0 Å². The number of benzene rings is 1. The Kier molecular flexibility index (Phi) is 4.15. The van der Waals surface area contributed by atoms with E-state index in [0.29, 0.717) is 5.69 Å². The fourth-order valence-corrected chi connectivity index (χ4v) is 1.55. The Balaban J connectivity index is 2.37. The second-order valence-corrected chi connectivity index (χ2v) is 3.98. The number of hydrogen-bond acceptors (Lipinski definition) is 4. The first-order valence-electron chi connectivity index (χ1n) is 5.84. The summed E-state index contributed by atoms with van der Waals surface area (Å²) in [7, 11) is 1.15. The number of carbonyl (C=O) groups excluding carboxylic acids is 1. The van der Waals surface area contributed by atoms with Gasteiger partial charge in [-0.3, -0.25) is 0 Å². The van der Waals surface area contributed by atoms with E-state index >= 15 is 0 Å². The van der Waals surface area contributed by atoms with Gasteiger partial charge in [-0.05, 0) is 12.1 Å². The van der Waals surface area contributed by atoms with Gasteiger partial charge in [0, 0.05) is 6.07 Å². The largest absolute Gasteiger partial charge is 0.466 e. The molecule has 2 rings (SSSR count). The van der Waals surface area contributed by atoms with Gasteiger partial charge in [0.05, 0.1) is 12.8 Å². The molecule has 0 aliphatic carbocycles. The maximum atomic E-state index is 12.7. The van der Waals surface area contributed by atoms with Gasteiger partial charge in [0.25, 0.3) is 0 Å². The van der Waals surface area contributed by atoms with Gasteiger partial charge >= 0.3 is 12.1 Å². The minimum absolute atomic E-state index is 0.195. The number of rotatable bonds is 4. The molecule has 0 unspecified atom stereocenters. The lowest BCUT2D eigenvalue weighted by molar-refractivity contribution is -0.143. The Labute approximate surface area is 117 Å². The van der Waals surface area contributed by atoms with Crippen LogP contribution in [-0.4, -0.2) is 29.5 Å². The number of alkyl halides is 3. The van der Waals surface area contributed by atoms with Crippen molar-refractivity contribution in [3.05, 3.63) is 42.1 Å². The van der Waals surface area contributed by atoms with Gasteiger partial charge in [-0.1, -0.05) is 18.2 Å². The number of hydrogen-bond donors (Lipinski definition) is 0. The molecule has 0 saturated heterocycles. The molecule has 0 N–H and O–H groups in total. The molecule has 112 valence electrons. The molecule has 1 aromatic carbocycles. The average Bonchev–Trinajstić information content (AvgIpc) is 2.90. The molecule has 1 aromatic heterocycles. The maximum absolute atomic E-state index is 12.7. The van der Waals surface area contributed by atoms with Gasteiger partial charge in [0.1, 0.15) is 0 Å². The van der Waals surface area contributed by atoms with Crippen LogP contribution in [0.25, 0.3) is 5.69 Å². The van der Waals surface area contributed by atoms with E-state index in [-0.39, 0.29) is 5.88 Å². The van der Waals surface area contributed by atoms with Crippen LogP contribution in [0.2, 0.25) is 0 Å². The van der Waals surface area contributed by atoms with E-state index < -0.39 is 24.4 Å². The molecule has 21 heavy (non-hydrogen) atoms. The predicted octanol–water partition coefficient (Wildman–Crippen LogP) is 2.44. The molecule has 0 amide bonds. The molecule has 1 heterocycles. The number of para-hydroxylation sites is 1. The molecular formula is C13H11F3N2O3. The monoisotopic (exact) mass is 300 g/mol. The third-order valence-electron chi connectivity index (χ3n) is 2.53. The molecule has 0 atom stereocenters. The standard InChI is InChI=1S/C13H11F3N2O3/c1-20-12(19)8-21-11-7-10(13(14,15)16)17-18(11)9-5-3-2-4-6-9/h2-7H,8H2,1H3. The highest BCUT2D eigenvalue weighted by Crippen LogP contribution is 2.32. The Bertz CT molecular complexity index is 623. The summed E-state index contributed by atoms with van der Waals surface area (Å²) in [5, 5.41) is 3.47. The lowest BCUT2D eigenvalue weighted by Gasteiger charge is -2.07. The van der Waals surface area contributed by atoms with Gasteiger partial charge in [0.15, 0.2) is 12.3 Å². The summed E-state index contributed by atoms with van der Waals surface area (Å²) in [6.45, 7) is -0.508. The topological polar surface area (TPSA) is 53.4 Å². The number of methoxy groups -OCH3 is 1. The Hall–Kier alpha value is -2.51. The third kappa shape index (κ3) is 3.53. The molecule has 5 nitrogen and oxygen atoms in total. The van der Waals surface area contributed by atoms with Crippen molar-refractivity contribution in [3.8, 4) is 11.6 Å². The first-order chi connectivity index (χ1) is 9.91. The molecule has 8 heteroatoms. The molecule has 0 radical (unpaired) electrons. The highest BCUT2D eigenvalue weighted by Gasteiger charge is 2.35. The third-order valence-corrected chi connectivity index (χ3v) is 2.53. The van der Waals surface area contributed by atoms with E-state index in [1.807, 2.05) is 0 Å². The minimum Gasteiger partial charge on any atom is -0.466 e. The number of ether oxygens (including phenoxy) is 2. The van der Waals surface area contributed by atoms with Crippen LogP contribution in [0.1, 0.15) is 5.69 Å². The summed E-state index contributed by atoms with van der Waals surface area (Å²) in [5.74, 6) is -0.900. The van der Waals surface area contributed by atoms with Crippen LogP contribution >= 0.6 is 0 Å². The summed E-state index contributed by atoms with van der Waals surface area (Å²) < 4.78 is 48.6. The fraction of sp³-hybridized carbons (Fsp3) is 0.231. The van der Waals surface area contributed by atoms with Gasteiger partial charge in [0.2, 0.25) is 5.88 Å². The summed E-state index contributed by atoms with van der Waals surface area (Å²) in [6.07, 6.45) is -4.61. The van der Waals surface area contributed by atoms with Crippen LogP contribution in [0.5, 0.6) is 5.88 Å². The second kappa shape index (κ2) is 5.86. The molecule has 0 fully saturated rings. The first kappa shape index (κ1) is 14.9. The average molecular weight is 300 g/mol. The zero-order valence-electron chi connectivity index (χ0n) is 10.9. The number of nitrogens with zero attached hydrogens (tertiary/aromatic N) is 2. The molecule has 0 aliphatic heterocycles. The van der Waals surface area contributed by atoms with Crippen LogP contribution in [0.15, 0.2) is 36.4 Å². The lowest BCUT2D eigenvalue weighted by Crippen LogP contribution is -2.14. The maximum Gasteiger partial charge on any atom is 0.435 e. The van der Waals surface area contributed by atoms with Crippen molar-refractivity contribution in [2.24, 2.45) is 0 Å². The van der Waals surface area contributed by atoms with Crippen molar-refractivity contribution in [3.63, 3.8) is 0 Å². The van der Waals surface area contributed by atoms with Crippen molar-refractivity contribution >= 4 is 5.97 Å². The molecule has 2 aromatic rings. The quantitative estimate of drug-likeness (QED) is 0.814. The zero-order chi connectivity index (χ0) is 15.5. The number of halogens is 3. The summed E-state index contributed by atoms with van der Waals surface area (Å²) >= 11 is 0. The predicted molar refractivity (Wildman–Crippen MR) is 66.1 cm³/mol. The van der Waals surface area contributed by atoms with Crippen LogP contribution in [0, 0.1) is 0 Å². The smallest absolute Gasteiger partial charge is 0.435 e. The van der Waals surface area contributed by atoms with Gasteiger partial charge in [-0.25, -0.2) is 9.48 Å². The summed E-state index contributed by atoms with van der Waals surface area (Å²) in [4.78, 5) is 11.0. The summed E-state index contributed by atoms with van der Waals surface area (Å²) in [6, 6.07) is 8.88. The van der Waals surface area contributed by atoms with E-state index in [1.54, 1.807) is 30.3 Å². The molecule has 0 spiro atoms. The molecular weight excluding hydrogens is 289 g/mol. The Morgan fingerprint density at radius 3 is 2.52 bits per heavy atom. The van der Waals surface area contributed by atoms with Crippen LogP contribution in [0.4, 0.5) is 13.2 Å². The van der Waals surface area contributed by atoms with E-state index in [4.69, 9.17) is 4.74 Å². The molecule has 0 bridgehead atoms. The Morgan fingerprint density at radius 2 is 1.95 bits per heavy atom. The van der Waals surface area contributed by atoms with E-state index in [1.165, 1.54) is 0 Å². The Morgan fingerprint density at radius 1 is 1.29 bits per heavy atom. The number of aromatic nitrogens is 2. The molecule has 0 saturated carbocycles. The van der Waals surface area contributed by atoms with Crippen molar-refractivity contribution in [2.75, 3.05) is 13.7 Å². The lowest BCUT2D eigenvalue weighted by atomic mass is 10.3. The second-order valence-electron chi connectivity index (χ2n) is 3.98. The van der Waals surface area contributed by atoms with E-state index in [9.17, 15) is 18.0 Å². The van der Waals surface area contributed by atoms with E-state index in [2.05, 4.69) is 9.84 Å². The minimum atomic E-state index is -4.61. The highest BCUT2D eigenvalue weighted by molar-refractivity contribution is 5.70. The number of carbonyl (C=O) groups is 1. The number of esters is 1. The van der Waals surface area contributed by atoms with Crippen LogP contribution in [-0.2, 0) is 15.7 Å². The SMILES string of the molecule is COC(=O)COc1cc(C(F)(F)F)nn1-c1ccccc1. The van der Waals surface area contributed by atoms with Crippen molar-refractivity contribution in [1.29, 1.82) is 0 Å². The van der Waals surface area contributed by atoms with Gasteiger partial charge < -0.3 is 9.47 Å². The van der Waals surface area contributed by atoms with Gasteiger partial charge in [-0.15, -0.1) is 0 Å². The van der Waals surface area contributed by atoms with E-state index in [0.717, 1.165) is 17.9 Å². The van der Waals surface area contributed by atoms with Gasteiger partial charge in [-0.2, -0.15) is 18.3 Å². The zero-order valence-corrected chi connectivity index (χ0v) is 10.9.